The molecule has 10 nitrogen and oxygen atoms in total. The Hall–Kier alpha value is -3.26. The molecule has 2 rings (SSSR count). The fraction of sp³-hybridized carbons (Fsp3) is 0.222. The van der Waals surface area contributed by atoms with Crippen LogP contribution in [0.3, 0.4) is 0 Å². The van der Waals surface area contributed by atoms with Gasteiger partial charge in [0.15, 0.2) is 0 Å². The van der Waals surface area contributed by atoms with Crippen molar-refractivity contribution in [3.63, 3.8) is 0 Å². The van der Waals surface area contributed by atoms with Gasteiger partial charge in [0.25, 0.3) is 0 Å². The largest absolute Gasteiger partial charge is 1.00 e. The average Bonchev–Trinajstić information content (AvgIpc) is 2.63. The Morgan fingerprint density at radius 1 is 1.03 bits per heavy atom. The van der Waals surface area contributed by atoms with Gasteiger partial charge in [0, 0.05) is 23.8 Å². The summed E-state index contributed by atoms with van der Waals surface area (Å²) in [6.07, 6.45) is 2.66. The summed E-state index contributed by atoms with van der Waals surface area (Å²) in [5, 5.41) is 8.55. The minimum absolute atomic E-state index is 0. The first kappa shape index (κ1) is 30.5. The Labute approximate surface area is 180 Å². The van der Waals surface area contributed by atoms with E-state index in [4.69, 9.17) is 23.0 Å². The van der Waals surface area contributed by atoms with Crippen LogP contribution in [0.5, 0.6) is 0 Å². The molecule has 2 heterocycles. The predicted octanol–water partition coefficient (Wildman–Crippen LogP) is -0.241. The Balaban J connectivity index is -0.000000426. The normalized spacial score (nSPS) is 8.17. The molecule has 0 atom stereocenters. The van der Waals surface area contributed by atoms with Gasteiger partial charge in [-0.05, 0) is 32.9 Å². The standard InChI is InChI=1S/C10H10N2O2.C8H6N2O2.Li.2H2O/c1-4-14-10(13)8-5-9(11-3)7(2)12-6-8;1-5-7(9-2)3-6(4-10-5)8(11)12;;;/h5-6H,4H2,1-2H3;3-4H,1H3,(H,11,12);;2*1H2/q;;+1;;/p-1. The first-order chi connectivity index (χ1) is 12.3. The predicted molar refractivity (Wildman–Crippen MR) is 98.9 cm³/mol. The summed E-state index contributed by atoms with van der Waals surface area (Å²) in [5.41, 5.74) is 2.21. The van der Waals surface area contributed by atoms with Crippen molar-refractivity contribution in [1.29, 1.82) is 0 Å². The van der Waals surface area contributed by atoms with Crippen LogP contribution in [0.2, 0.25) is 0 Å². The van der Waals surface area contributed by atoms with Crippen LogP contribution in [-0.4, -0.2) is 44.6 Å². The van der Waals surface area contributed by atoms with Crippen LogP contribution in [-0.2, 0) is 4.74 Å². The van der Waals surface area contributed by atoms with Gasteiger partial charge in [0.05, 0.1) is 30.9 Å². The molecule has 0 aliphatic carbocycles. The zero-order valence-electron chi connectivity index (χ0n) is 16.4. The number of ether oxygens (including phenoxy) is 1. The molecule has 29 heavy (non-hydrogen) atoms. The molecule has 2 aromatic rings. The second kappa shape index (κ2) is 14.8. The summed E-state index contributed by atoms with van der Waals surface area (Å²) in [4.78, 5) is 35.8. The number of carbonyl (C=O) groups excluding carboxylic acids is 1. The number of pyridine rings is 2. The van der Waals surface area contributed by atoms with Crippen molar-refractivity contribution in [3.8, 4) is 0 Å². The third-order valence-electron chi connectivity index (χ3n) is 3.12. The number of aryl methyl sites for hydroxylation is 2. The summed E-state index contributed by atoms with van der Waals surface area (Å²) < 4.78 is 4.79. The summed E-state index contributed by atoms with van der Waals surface area (Å²) in [6.45, 7) is 19.0. The first-order valence-corrected chi connectivity index (χ1v) is 7.42. The van der Waals surface area contributed by atoms with Crippen LogP contribution in [0.15, 0.2) is 24.5 Å². The Morgan fingerprint density at radius 2 is 1.45 bits per heavy atom. The van der Waals surface area contributed by atoms with Gasteiger partial charge in [-0.1, -0.05) is 0 Å². The summed E-state index contributed by atoms with van der Waals surface area (Å²) in [6, 6.07) is 2.81. The third kappa shape index (κ3) is 8.98. The van der Waals surface area contributed by atoms with Crippen LogP contribution in [0.1, 0.15) is 39.0 Å². The maximum Gasteiger partial charge on any atom is 1.00 e. The van der Waals surface area contributed by atoms with E-state index in [-0.39, 0.29) is 41.1 Å². The van der Waals surface area contributed by atoms with Gasteiger partial charge in [-0.3, -0.25) is 9.97 Å². The van der Waals surface area contributed by atoms with Crippen molar-refractivity contribution >= 4 is 23.3 Å². The summed E-state index contributed by atoms with van der Waals surface area (Å²) >= 11 is 0. The van der Waals surface area contributed by atoms with E-state index in [0.717, 1.165) is 0 Å². The number of carboxylic acid groups (broad SMARTS) is 1. The van der Waals surface area contributed by atoms with E-state index in [9.17, 15) is 9.59 Å². The Kier molecular flexibility index (Phi) is 15.5. The van der Waals surface area contributed by atoms with Gasteiger partial charge in [0.2, 0.25) is 11.4 Å². The monoisotopic (exact) mass is 394 g/mol. The van der Waals surface area contributed by atoms with Crippen LogP contribution in [0.4, 0.5) is 11.4 Å². The Morgan fingerprint density at radius 3 is 1.83 bits per heavy atom. The first-order valence-electron chi connectivity index (χ1n) is 7.42. The molecule has 0 spiro atoms. The molecule has 2 aromatic heterocycles. The number of nitrogens with zero attached hydrogens (tertiary/aromatic N) is 4. The van der Waals surface area contributed by atoms with Crippen molar-refractivity contribution in [2.75, 3.05) is 6.61 Å². The summed E-state index contributed by atoms with van der Waals surface area (Å²) in [7, 11) is 0. The number of carboxylic acids is 1. The minimum atomic E-state index is -1.06. The number of aromatic nitrogens is 2. The van der Waals surface area contributed by atoms with Crippen molar-refractivity contribution in [3.05, 3.63) is 69.9 Å². The molecule has 0 bridgehead atoms. The molecule has 0 amide bonds. The van der Waals surface area contributed by atoms with E-state index in [2.05, 4.69) is 19.7 Å². The summed E-state index contributed by atoms with van der Waals surface area (Å²) in [5.74, 6) is -1.50. The molecule has 148 valence electrons. The molecule has 0 fully saturated rings. The maximum atomic E-state index is 11.3. The zero-order valence-corrected chi connectivity index (χ0v) is 16.4. The third-order valence-corrected chi connectivity index (χ3v) is 3.12. The SMILES string of the molecule is O.[C-]#[N+]c1cc(C(=O)O)cnc1C.[C-]#[N+]c1cc(C(=O)OCC)cnc1C.[Li+].[OH-]. The van der Waals surface area contributed by atoms with E-state index in [0.29, 0.717) is 29.2 Å². The quantitative estimate of drug-likeness (QED) is 0.427. The fourth-order valence-corrected chi connectivity index (χ4v) is 1.71. The van der Waals surface area contributed by atoms with Gasteiger partial charge >= 0.3 is 30.8 Å². The molecule has 0 aliphatic heterocycles. The number of hydrogen-bond acceptors (Lipinski definition) is 6. The second-order valence-electron chi connectivity index (χ2n) is 4.91. The number of carbonyl (C=O) groups is 2. The Bertz CT molecular complexity index is 922. The van der Waals surface area contributed by atoms with Crippen LogP contribution >= 0.6 is 0 Å². The van der Waals surface area contributed by atoms with Crippen molar-refractivity contribution in [2.45, 2.75) is 20.8 Å². The van der Waals surface area contributed by atoms with Crippen LogP contribution in [0.25, 0.3) is 9.69 Å². The number of esters is 1. The van der Waals surface area contributed by atoms with Gasteiger partial charge in [-0.2, -0.15) is 0 Å². The molecule has 0 aromatic carbocycles. The number of aromatic carboxylic acids is 1. The van der Waals surface area contributed by atoms with Gasteiger partial charge < -0.3 is 20.8 Å². The van der Waals surface area contributed by atoms with E-state index in [1.165, 1.54) is 24.5 Å². The molecule has 0 saturated carbocycles. The topological polar surface area (TPSA) is 160 Å². The average molecular weight is 394 g/mol. The molecule has 0 radical (unpaired) electrons. The molecule has 0 unspecified atom stereocenters. The van der Waals surface area contributed by atoms with E-state index >= 15 is 0 Å². The zero-order chi connectivity index (χ0) is 19.7. The molecule has 0 aliphatic rings. The van der Waals surface area contributed by atoms with Crippen LogP contribution in [0, 0.1) is 27.0 Å². The minimum Gasteiger partial charge on any atom is -0.870 e. The molecular weight excluding hydrogens is 375 g/mol. The number of hydrogen-bond donors (Lipinski definition) is 1. The van der Waals surface area contributed by atoms with E-state index in [1.807, 2.05) is 0 Å². The van der Waals surface area contributed by atoms with Crippen molar-refractivity contribution in [1.82, 2.24) is 9.97 Å². The van der Waals surface area contributed by atoms with Crippen molar-refractivity contribution < 1.29 is 49.2 Å². The smallest absolute Gasteiger partial charge is 0.870 e. The maximum absolute atomic E-state index is 11.3. The van der Waals surface area contributed by atoms with Crippen LogP contribution < -0.4 is 18.9 Å². The molecule has 11 heteroatoms. The molecular formula is C18H19LiN4O6. The second-order valence-corrected chi connectivity index (χ2v) is 4.91. The van der Waals surface area contributed by atoms with Gasteiger partial charge in [-0.25, -0.2) is 19.3 Å². The fourth-order valence-electron chi connectivity index (χ4n) is 1.71. The number of rotatable bonds is 3. The van der Waals surface area contributed by atoms with Gasteiger partial charge in [-0.15, -0.1) is 0 Å². The van der Waals surface area contributed by atoms with E-state index < -0.39 is 11.9 Å². The molecule has 0 saturated heterocycles. The molecule has 4 N–H and O–H groups in total. The van der Waals surface area contributed by atoms with E-state index in [1.54, 1.807) is 20.8 Å². The van der Waals surface area contributed by atoms with Crippen molar-refractivity contribution in [2.24, 2.45) is 0 Å². The van der Waals surface area contributed by atoms with Gasteiger partial charge in [0.1, 0.15) is 0 Å².